The summed E-state index contributed by atoms with van der Waals surface area (Å²) in [6, 6.07) is 12.8. The van der Waals surface area contributed by atoms with Crippen LogP contribution >= 0.6 is 0 Å². The zero-order valence-corrected chi connectivity index (χ0v) is 15.2. The molecule has 0 aromatic heterocycles. The molecule has 8 heteroatoms. The van der Waals surface area contributed by atoms with Gasteiger partial charge in [0.25, 0.3) is 0 Å². The lowest BCUT2D eigenvalue weighted by atomic mass is 10.1. The number of ether oxygens (including phenoxy) is 2. The average molecular weight is 395 g/mol. The minimum Gasteiger partial charge on any atom is -0.468 e. The maximum absolute atomic E-state index is 12.5. The highest BCUT2D eigenvalue weighted by molar-refractivity contribution is 5.78. The Kier molecular flexibility index (Phi) is 7.57. The molecule has 0 spiro atoms. The Labute approximate surface area is 160 Å². The summed E-state index contributed by atoms with van der Waals surface area (Å²) < 4.78 is 47.4. The van der Waals surface area contributed by atoms with Crippen molar-refractivity contribution in [3.63, 3.8) is 0 Å². The van der Waals surface area contributed by atoms with Crippen LogP contribution in [-0.2, 0) is 38.3 Å². The molecule has 2 aromatic carbocycles. The Morgan fingerprint density at radius 3 is 2.21 bits per heavy atom. The van der Waals surface area contributed by atoms with Gasteiger partial charge in [-0.05, 0) is 29.7 Å². The van der Waals surface area contributed by atoms with Gasteiger partial charge >= 0.3 is 18.1 Å². The summed E-state index contributed by atoms with van der Waals surface area (Å²) in [5.41, 5.74) is 0.546. The molecule has 0 fully saturated rings. The van der Waals surface area contributed by atoms with Gasteiger partial charge in [0.05, 0.1) is 19.2 Å². The molecule has 0 aliphatic heterocycles. The van der Waals surface area contributed by atoms with E-state index in [2.05, 4.69) is 5.32 Å². The van der Waals surface area contributed by atoms with Crippen molar-refractivity contribution >= 4 is 11.9 Å². The Bertz CT molecular complexity index is 776. The van der Waals surface area contributed by atoms with Crippen LogP contribution in [0.4, 0.5) is 13.2 Å². The van der Waals surface area contributed by atoms with Gasteiger partial charge < -0.3 is 9.47 Å². The molecule has 2 aromatic rings. The number of halogens is 3. The van der Waals surface area contributed by atoms with Gasteiger partial charge in [0.1, 0.15) is 12.6 Å². The molecule has 0 saturated heterocycles. The second-order valence-electron chi connectivity index (χ2n) is 6.00. The van der Waals surface area contributed by atoms with Gasteiger partial charge in [0.15, 0.2) is 0 Å². The molecule has 150 valence electrons. The van der Waals surface area contributed by atoms with Crippen LogP contribution in [-0.4, -0.2) is 31.6 Å². The van der Waals surface area contributed by atoms with E-state index in [0.717, 1.165) is 17.7 Å². The molecule has 2 rings (SSSR count). The molecule has 0 aliphatic rings. The van der Waals surface area contributed by atoms with Gasteiger partial charge in [-0.1, -0.05) is 42.5 Å². The molecular weight excluding hydrogens is 375 g/mol. The Balaban J connectivity index is 1.84. The van der Waals surface area contributed by atoms with Gasteiger partial charge in [0, 0.05) is 0 Å². The van der Waals surface area contributed by atoms with Crippen molar-refractivity contribution in [2.24, 2.45) is 0 Å². The van der Waals surface area contributed by atoms with E-state index in [9.17, 15) is 22.8 Å². The van der Waals surface area contributed by atoms with Crippen LogP contribution in [0.5, 0.6) is 0 Å². The molecule has 1 N–H and O–H groups in total. The minimum atomic E-state index is -4.42. The number of hydrogen-bond donors (Lipinski definition) is 1. The first-order valence-electron chi connectivity index (χ1n) is 8.46. The number of rotatable bonds is 8. The highest BCUT2D eigenvalue weighted by Crippen LogP contribution is 2.29. The summed E-state index contributed by atoms with van der Waals surface area (Å²) in [7, 11) is 1.25. The number of carbonyl (C=O) groups is 2. The lowest BCUT2D eigenvalue weighted by Crippen LogP contribution is -2.42. The van der Waals surface area contributed by atoms with Crippen LogP contribution in [0.15, 0.2) is 54.6 Å². The topological polar surface area (TPSA) is 64.6 Å². The largest absolute Gasteiger partial charge is 0.468 e. The zero-order chi connectivity index (χ0) is 20.6. The fraction of sp³-hybridized carbons (Fsp3) is 0.300. The predicted octanol–water partition coefficient (Wildman–Crippen LogP) is 3.12. The van der Waals surface area contributed by atoms with Crippen molar-refractivity contribution in [2.75, 3.05) is 13.7 Å². The van der Waals surface area contributed by atoms with Crippen molar-refractivity contribution in [1.29, 1.82) is 0 Å². The fourth-order valence-corrected chi connectivity index (χ4v) is 2.44. The van der Waals surface area contributed by atoms with Gasteiger partial charge in [0.2, 0.25) is 0 Å². The first kappa shape index (κ1) is 21.4. The quantitative estimate of drug-likeness (QED) is 0.696. The van der Waals surface area contributed by atoms with Gasteiger partial charge in [-0.2, -0.15) is 13.2 Å². The number of esters is 2. The van der Waals surface area contributed by atoms with E-state index in [1.54, 1.807) is 0 Å². The van der Waals surface area contributed by atoms with Crippen molar-refractivity contribution in [3.05, 3.63) is 71.3 Å². The maximum atomic E-state index is 12.5. The van der Waals surface area contributed by atoms with Crippen LogP contribution in [0, 0.1) is 0 Å². The van der Waals surface area contributed by atoms with E-state index < -0.39 is 29.7 Å². The fourth-order valence-electron chi connectivity index (χ4n) is 2.44. The highest BCUT2D eigenvalue weighted by Gasteiger charge is 2.30. The van der Waals surface area contributed by atoms with Crippen molar-refractivity contribution < 1.29 is 32.2 Å². The molecule has 0 amide bonds. The first-order valence-corrected chi connectivity index (χ1v) is 8.46. The molecule has 0 bridgehead atoms. The summed E-state index contributed by atoms with van der Waals surface area (Å²) in [5.74, 6) is -1.15. The molecule has 0 aliphatic carbocycles. The third-order valence-electron chi connectivity index (χ3n) is 3.94. The monoisotopic (exact) mass is 395 g/mol. The van der Waals surface area contributed by atoms with E-state index in [4.69, 9.17) is 9.47 Å². The van der Waals surface area contributed by atoms with Gasteiger partial charge in [-0.15, -0.1) is 0 Å². The predicted molar refractivity (Wildman–Crippen MR) is 95.2 cm³/mol. The number of carbonyl (C=O) groups excluding carboxylic acids is 2. The lowest BCUT2D eigenvalue weighted by molar-refractivity contribution is -0.146. The van der Waals surface area contributed by atoms with E-state index in [-0.39, 0.29) is 13.2 Å². The van der Waals surface area contributed by atoms with E-state index >= 15 is 0 Å². The van der Waals surface area contributed by atoms with Gasteiger partial charge in [-0.3, -0.25) is 14.9 Å². The van der Waals surface area contributed by atoms with Crippen molar-refractivity contribution in [2.45, 2.75) is 25.2 Å². The van der Waals surface area contributed by atoms with Crippen molar-refractivity contribution in [1.82, 2.24) is 5.32 Å². The molecule has 0 saturated carbocycles. The maximum Gasteiger partial charge on any atom is 0.416 e. The van der Waals surface area contributed by atoms with Crippen LogP contribution in [0.3, 0.4) is 0 Å². The zero-order valence-electron chi connectivity index (χ0n) is 15.2. The minimum absolute atomic E-state index is 0.166. The molecule has 28 heavy (non-hydrogen) atoms. The number of hydrogen-bond acceptors (Lipinski definition) is 5. The van der Waals surface area contributed by atoms with Crippen molar-refractivity contribution in [3.8, 4) is 0 Å². The van der Waals surface area contributed by atoms with Crippen LogP contribution in [0.2, 0.25) is 0 Å². The van der Waals surface area contributed by atoms with Crippen LogP contribution in [0.25, 0.3) is 0 Å². The summed E-state index contributed by atoms with van der Waals surface area (Å²) in [6.45, 7) is -0.409. The molecular formula is C20H20F3NO4. The third-order valence-corrected chi connectivity index (χ3v) is 3.94. The normalized spacial score (nSPS) is 12.3. The Morgan fingerprint density at radius 1 is 1.00 bits per heavy atom. The summed E-state index contributed by atoms with van der Waals surface area (Å²) in [6.07, 6.45) is -4.08. The average Bonchev–Trinajstić information content (AvgIpc) is 2.69. The smallest absolute Gasteiger partial charge is 0.416 e. The molecule has 1 atom stereocenters. The summed E-state index contributed by atoms with van der Waals surface area (Å²) in [5, 5.41) is 2.79. The molecule has 0 unspecified atom stereocenters. The number of benzene rings is 2. The van der Waals surface area contributed by atoms with Gasteiger partial charge in [-0.25, -0.2) is 0 Å². The summed E-state index contributed by atoms with van der Waals surface area (Å²) >= 11 is 0. The van der Waals surface area contributed by atoms with E-state index in [1.165, 1.54) is 19.2 Å². The first-order chi connectivity index (χ1) is 13.3. The number of nitrogens with one attached hydrogen (secondary N) is 1. The number of methoxy groups -OCH3 is 1. The van der Waals surface area contributed by atoms with E-state index in [0.29, 0.717) is 12.0 Å². The molecule has 5 nitrogen and oxygen atoms in total. The van der Waals surface area contributed by atoms with E-state index in [1.807, 2.05) is 30.3 Å². The second kappa shape index (κ2) is 9.89. The number of alkyl halides is 3. The second-order valence-corrected chi connectivity index (χ2v) is 6.00. The SMILES string of the molecule is COC(=O)[C@H](Cc1ccccc1)NCC(=O)OCc1ccc(C(F)(F)F)cc1. The molecule has 0 heterocycles. The molecule has 0 radical (unpaired) electrons. The lowest BCUT2D eigenvalue weighted by Gasteiger charge is -2.16. The Hall–Kier alpha value is -2.87. The Morgan fingerprint density at radius 2 is 1.64 bits per heavy atom. The third kappa shape index (κ3) is 6.70. The summed E-state index contributed by atoms with van der Waals surface area (Å²) in [4.78, 5) is 23.8. The van der Waals surface area contributed by atoms with Crippen LogP contribution in [0.1, 0.15) is 16.7 Å². The standard InChI is InChI=1S/C20H20F3NO4/c1-27-19(26)17(11-14-5-3-2-4-6-14)24-12-18(25)28-13-15-7-9-16(10-8-15)20(21,22)23/h2-10,17,24H,11-13H2,1H3/t17-/m0/s1. The highest BCUT2D eigenvalue weighted by atomic mass is 19.4. The van der Waals surface area contributed by atoms with Crippen LogP contribution < -0.4 is 5.32 Å².